The molecule has 0 saturated heterocycles. The Hall–Kier alpha value is -4.20. The number of hydrogen-bond acceptors (Lipinski definition) is 7. The lowest BCUT2D eigenvalue weighted by Crippen LogP contribution is -2.05. The quantitative estimate of drug-likeness (QED) is 0.323. The van der Waals surface area contributed by atoms with Crippen LogP contribution < -0.4 is 14.8 Å². The normalized spacial score (nSPS) is 10.6. The van der Waals surface area contributed by atoms with Gasteiger partial charge in [0.2, 0.25) is 5.82 Å². The zero-order valence-electron chi connectivity index (χ0n) is 16.1. The van der Waals surface area contributed by atoms with Crippen molar-refractivity contribution in [2.24, 2.45) is 0 Å². The topological polar surface area (TPSA) is 99.4 Å². The lowest BCUT2D eigenvalue weighted by atomic mass is 10.1. The van der Waals surface area contributed by atoms with Gasteiger partial charge in [0.15, 0.2) is 0 Å². The molecule has 0 spiro atoms. The van der Waals surface area contributed by atoms with Gasteiger partial charge in [-0.15, -0.1) is 0 Å². The van der Waals surface area contributed by atoms with E-state index < -0.39 is 4.92 Å². The molecule has 0 amide bonds. The number of nitrogens with zero attached hydrogens (tertiary/aromatic N) is 3. The fourth-order valence-corrected chi connectivity index (χ4v) is 3.06. The average molecular weight is 402 g/mol. The number of benzene rings is 3. The first kappa shape index (κ1) is 19.1. The highest BCUT2D eigenvalue weighted by atomic mass is 16.6. The molecule has 4 rings (SSSR count). The van der Waals surface area contributed by atoms with Crippen LogP contribution in [-0.4, -0.2) is 21.5 Å². The Bertz CT molecular complexity index is 1210. The zero-order chi connectivity index (χ0) is 20.9. The molecule has 0 fully saturated rings. The monoisotopic (exact) mass is 402 g/mol. The number of fused-ring (bicyclic) bond motifs is 1. The number of nitro groups is 1. The Morgan fingerprint density at radius 1 is 0.967 bits per heavy atom. The minimum atomic E-state index is -0.563. The van der Waals surface area contributed by atoms with Crippen LogP contribution >= 0.6 is 0 Å². The maximum Gasteiger partial charge on any atom is 0.373 e. The summed E-state index contributed by atoms with van der Waals surface area (Å²) in [6.07, 6.45) is 1.22. The van der Waals surface area contributed by atoms with Crippen molar-refractivity contribution in [1.29, 1.82) is 0 Å². The first-order valence-electron chi connectivity index (χ1n) is 9.31. The third-order valence-corrected chi connectivity index (χ3v) is 4.37. The van der Waals surface area contributed by atoms with Crippen LogP contribution in [-0.2, 0) is 0 Å². The van der Waals surface area contributed by atoms with Gasteiger partial charge < -0.3 is 14.8 Å². The Morgan fingerprint density at radius 3 is 2.53 bits per heavy atom. The van der Waals surface area contributed by atoms with Crippen LogP contribution in [0.15, 0.2) is 73.1 Å². The molecule has 0 bridgehead atoms. The third kappa shape index (κ3) is 3.83. The molecular weight excluding hydrogens is 384 g/mol. The Morgan fingerprint density at radius 2 is 1.70 bits per heavy atom. The van der Waals surface area contributed by atoms with Gasteiger partial charge in [0.05, 0.1) is 17.2 Å². The fourth-order valence-electron chi connectivity index (χ4n) is 3.06. The molecule has 4 aromatic rings. The van der Waals surface area contributed by atoms with Crippen LogP contribution in [0, 0.1) is 10.1 Å². The highest BCUT2D eigenvalue weighted by molar-refractivity contribution is 5.88. The Kier molecular flexibility index (Phi) is 5.38. The molecule has 0 unspecified atom stereocenters. The van der Waals surface area contributed by atoms with E-state index in [0.29, 0.717) is 23.8 Å². The van der Waals surface area contributed by atoms with Crippen molar-refractivity contribution in [3.8, 4) is 17.4 Å². The van der Waals surface area contributed by atoms with E-state index in [0.717, 1.165) is 10.8 Å². The molecule has 0 aliphatic rings. The van der Waals surface area contributed by atoms with E-state index in [-0.39, 0.29) is 17.4 Å². The van der Waals surface area contributed by atoms with E-state index in [1.807, 2.05) is 49.4 Å². The van der Waals surface area contributed by atoms with Crippen LogP contribution in [0.25, 0.3) is 10.8 Å². The van der Waals surface area contributed by atoms with Gasteiger partial charge in [-0.3, -0.25) is 10.1 Å². The SMILES string of the molecule is CCOc1ccccc1Nc1ncnc(Oc2cccc3ccccc23)c1[N+](=O)[O-]. The number of hydrogen-bond donors (Lipinski definition) is 1. The van der Waals surface area contributed by atoms with Crippen molar-refractivity contribution in [3.05, 3.63) is 83.2 Å². The number of aromatic nitrogens is 2. The van der Waals surface area contributed by atoms with Crippen LogP contribution in [0.3, 0.4) is 0 Å². The van der Waals surface area contributed by atoms with Crippen molar-refractivity contribution in [3.63, 3.8) is 0 Å². The van der Waals surface area contributed by atoms with Gasteiger partial charge in [-0.1, -0.05) is 48.5 Å². The van der Waals surface area contributed by atoms with Crippen molar-refractivity contribution in [2.45, 2.75) is 6.92 Å². The average Bonchev–Trinajstić information content (AvgIpc) is 2.75. The highest BCUT2D eigenvalue weighted by Crippen LogP contribution is 2.38. The second-order valence-electron chi connectivity index (χ2n) is 6.27. The van der Waals surface area contributed by atoms with Crippen LogP contribution in [0.1, 0.15) is 6.92 Å². The first-order valence-corrected chi connectivity index (χ1v) is 9.31. The van der Waals surface area contributed by atoms with Crippen molar-refractivity contribution in [1.82, 2.24) is 9.97 Å². The second kappa shape index (κ2) is 8.44. The number of ether oxygens (including phenoxy) is 2. The molecule has 8 heteroatoms. The van der Waals surface area contributed by atoms with Gasteiger partial charge in [-0.05, 0) is 30.5 Å². The lowest BCUT2D eigenvalue weighted by molar-refractivity contribution is -0.385. The lowest BCUT2D eigenvalue weighted by Gasteiger charge is -2.13. The zero-order valence-corrected chi connectivity index (χ0v) is 16.1. The van der Waals surface area contributed by atoms with E-state index in [9.17, 15) is 10.1 Å². The predicted octanol–water partition coefficient (Wildman–Crippen LogP) is 5.47. The summed E-state index contributed by atoms with van der Waals surface area (Å²) in [5.41, 5.74) is 0.189. The van der Waals surface area contributed by atoms with Gasteiger partial charge in [0, 0.05) is 5.39 Å². The predicted molar refractivity (Wildman–Crippen MR) is 114 cm³/mol. The maximum atomic E-state index is 11.9. The molecular formula is C22H18N4O4. The van der Waals surface area contributed by atoms with Crippen molar-refractivity contribution >= 4 is 28.0 Å². The van der Waals surface area contributed by atoms with Gasteiger partial charge in [-0.2, -0.15) is 4.98 Å². The molecule has 1 N–H and O–H groups in total. The molecule has 0 atom stereocenters. The van der Waals surface area contributed by atoms with Gasteiger partial charge in [-0.25, -0.2) is 4.98 Å². The summed E-state index contributed by atoms with van der Waals surface area (Å²) in [7, 11) is 0. The van der Waals surface area contributed by atoms with E-state index in [1.165, 1.54) is 6.33 Å². The van der Waals surface area contributed by atoms with Crippen molar-refractivity contribution in [2.75, 3.05) is 11.9 Å². The number of anilines is 2. The molecule has 0 saturated carbocycles. The number of para-hydroxylation sites is 2. The molecule has 1 heterocycles. The molecule has 0 aliphatic heterocycles. The van der Waals surface area contributed by atoms with Gasteiger partial charge >= 0.3 is 11.6 Å². The summed E-state index contributed by atoms with van der Waals surface area (Å²) >= 11 is 0. The summed E-state index contributed by atoms with van der Waals surface area (Å²) in [4.78, 5) is 19.4. The summed E-state index contributed by atoms with van der Waals surface area (Å²) in [6, 6.07) is 20.3. The summed E-state index contributed by atoms with van der Waals surface area (Å²) in [5, 5.41) is 16.6. The molecule has 150 valence electrons. The van der Waals surface area contributed by atoms with Crippen LogP contribution in [0.5, 0.6) is 17.4 Å². The largest absolute Gasteiger partial charge is 0.492 e. The van der Waals surface area contributed by atoms with Crippen LogP contribution in [0.4, 0.5) is 17.2 Å². The molecule has 0 aliphatic carbocycles. The minimum Gasteiger partial charge on any atom is -0.492 e. The number of nitrogens with one attached hydrogen (secondary N) is 1. The summed E-state index contributed by atoms with van der Waals surface area (Å²) in [6.45, 7) is 2.32. The van der Waals surface area contributed by atoms with E-state index in [2.05, 4.69) is 15.3 Å². The number of rotatable bonds is 7. The maximum absolute atomic E-state index is 11.9. The van der Waals surface area contributed by atoms with Crippen molar-refractivity contribution < 1.29 is 14.4 Å². The van der Waals surface area contributed by atoms with E-state index in [4.69, 9.17) is 9.47 Å². The standard InChI is InChI=1S/C22H18N4O4/c1-2-29-19-12-6-5-11-17(19)25-21-20(26(27)28)22(24-14-23-21)30-18-13-7-9-15-8-3-4-10-16(15)18/h3-14H,2H2,1H3,(H,23,24,25). The Balaban J connectivity index is 1.75. The second-order valence-corrected chi connectivity index (χ2v) is 6.27. The highest BCUT2D eigenvalue weighted by Gasteiger charge is 2.26. The minimum absolute atomic E-state index is 0.0115. The van der Waals surface area contributed by atoms with Gasteiger partial charge in [0.1, 0.15) is 17.8 Å². The third-order valence-electron chi connectivity index (χ3n) is 4.37. The van der Waals surface area contributed by atoms with E-state index >= 15 is 0 Å². The molecule has 8 nitrogen and oxygen atoms in total. The van der Waals surface area contributed by atoms with Crippen LogP contribution in [0.2, 0.25) is 0 Å². The molecule has 1 aromatic heterocycles. The summed E-state index contributed by atoms with van der Waals surface area (Å²) < 4.78 is 11.5. The Labute approximate surface area is 172 Å². The first-order chi connectivity index (χ1) is 14.7. The van der Waals surface area contributed by atoms with E-state index in [1.54, 1.807) is 24.3 Å². The summed E-state index contributed by atoms with van der Waals surface area (Å²) in [5.74, 6) is 0.889. The molecule has 3 aromatic carbocycles. The molecule has 0 radical (unpaired) electrons. The van der Waals surface area contributed by atoms with Gasteiger partial charge in [0.25, 0.3) is 0 Å². The molecule has 30 heavy (non-hydrogen) atoms. The smallest absolute Gasteiger partial charge is 0.373 e. The fraction of sp³-hybridized carbons (Fsp3) is 0.0909.